The zero-order valence-electron chi connectivity index (χ0n) is 13.2. The maximum absolute atomic E-state index is 6.03. The Kier molecular flexibility index (Phi) is 3.58. The summed E-state index contributed by atoms with van der Waals surface area (Å²) in [5.74, 6) is 1.25. The summed E-state index contributed by atoms with van der Waals surface area (Å²) in [5.41, 5.74) is 4.42. The van der Waals surface area contributed by atoms with Gasteiger partial charge in [0.1, 0.15) is 6.04 Å². The van der Waals surface area contributed by atoms with Gasteiger partial charge in [0, 0.05) is 27.9 Å². The molecule has 0 amide bonds. The standard InChI is InChI=1S/C18H14ClN3O2/c1-10-17-14(9-21-24-17)13-7-8-20-18(23-2)15(13)16(22-10)11-3-5-12(19)6-4-11/h3-10H,1-2H3. The van der Waals surface area contributed by atoms with Crippen LogP contribution in [0.25, 0.3) is 11.1 Å². The summed E-state index contributed by atoms with van der Waals surface area (Å²) in [4.78, 5) is 9.21. The van der Waals surface area contributed by atoms with Crippen LogP contribution in [-0.4, -0.2) is 23.0 Å². The number of rotatable bonds is 2. The van der Waals surface area contributed by atoms with Gasteiger partial charge >= 0.3 is 0 Å². The molecule has 1 aromatic carbocycles. The second kappa shape index (κ2) is 5.76. The quantitative estimate of drug-likeness (QED) is 0.698. The maximum atomic E-state index is 6.03. The fourth-order valence-corrected chi connectivity index (χ4v) is 3.07. The van der Waals surface area contributed by atoms with E-state index in [4.69, 9.17) is 25.9 Å². The third-order valence-corrected chi connectivity index (χ3v) is 4.31. The van der Waals surface area contributed by atoms with Gasteiger partial charge in [-0.1, -0.05) is 28.9 Å². The van der Waals surface area contributed by atoms with Gasteiger partial charge in [-0.3, -0.25) is 4.99 Å². The van der Waals surface area contributed by atoms with Crippen molar-refractivity contribution in [2.75, 3.05) is 7.11 Å². The summed E-state index contributed by atoms with van der Waals surface area (Å²) in [6.07, 6.45) is 3.42. The van der Waals surface area contributed by atoms with Crippen LogP contribution in [0.4, 0.5) is 0 Å². The number of nitrogens with zero attached hydrogens (tertiary/aromatic N) is 3. The number of benzene rings is 1. The number of fused-ring (bicyclic) bond motifs is 3. The Morgan fingerprint density at radius 2 is 1.92 bits per heavy atom. The third-order valence-electron chi connectivity index (χ3n) is 4.05. The predicted molar refractivity (Wildman–Crippen MR) is 91.8 cm³/mol. The van der Waals surface area contributed by atoms with Crippen molar-refractivity contribution in [1.29, 1.82) is 0 Å². The number of hydrogen-bond donors (Lipinski definition) is 0. The van der Waals surface area contributed by atoms with Crippen LogP contribution < -0.4 is 4.74 Å². The lowest BCUT2D eigenvalue weighted by Gasteiger charge is -2.13. The normalized spacial score (nSPS) is 16.0. The second-order valence-corrected chi connectivity index (χ2v) is 5.94. The van der Waals surface area contributed by atoms with E-state index in [1.165, 1.54) is 0 Å². The SMILES string of the molecule is COc1nccc2c1C(c1ccc(Cl)cc1)=NC(C)c1oncc1-2. The predicted octanol–water partition coefficient (Wildman–Crippen LogP) is 4.31. The molecule has 0 spiro atoms. The Morgan fingerprint density at radius 1 is 1.12 bits per heavy atom. The van der Waals surface area contributed by atoms with Gasteiger partial charge < -0.3 is 9.26 Å². The molecular weight excluding hydrogens is 326 g/mol. The summed E-state index contributed by atoms with van der Waals surface area (Å²) in [7, 11) is 1.60. The van der Waals surface area contributed by atoms with Crippen LogP contribution in [0.1, 0.15) is 29.9 Å². The Morgan fingerprint density at radius 3 is 2.67 bits per heavy atom. The molecule has 120 valence electrons. The zero-order chi connectivity index (χ0) is 16.7. The van der Waals surface area contributed by atoms with Crippen LogP contribution in [0.15, 0.2) is 52.2 Å². The van der Waals surface area contributed by atoms with E-state index in [-0.39, 0.29) is 6.04 Å². The second-order valence-electron chi connectivity index (χ2n) is 5.51. The topological polar surface area (TPSA) is 60.5 Å². The summed E-state index contributed by atoms with van der Waals surface area (Å²) in [5, 5.41) is 4.61. The van der Waals surface area contributed by atoms with E-state index in [2.05, 4.69) is 10.1 Å². The minimum absolute atomic E-state index is 0.176. The number of pyridine rings is 1. The van der Waals surface area contributed by atoms with Gasteiger partial charge in [-0.15, -0.1) is 0 Å². The first kappa shape index (κ1) is 14.9. The van der Waals surface area contributed by atoms with Crippen molar-refractivity contribution in [2.45, 2.75) is 13.0 Å². The molecule has 1 aliphatic heterocycles. The molecule has 0 saturated heterocycles. The molecule has 4 rings (SSSR count). The highest BCUT2D eigenvalue weighted by Crippen LogP contribution is 2.39. The molecule has 1 atom stereocenters. The fraction of sp³-hybridized carbons (Fsp3) is 0.167. The molecule has 1 unspecified atom stereocenters. The average molecular weight is 340 g/mol. The smallest absolute Gasteiger partial charge is 0.223 e. The fourth-order valence-electron chi connectivity index (χ4n) is 2.95. The third kappa shape index (κ3) is 2.29. The van der Waals surface area contributed by atoms with Gasteiger partial charge in [0.25, 0.3) is 0 Å². The minimum Gasteiger partial charge on any atom is -0.480 e. The Hall–Kier alpha value is -2.66. The van der Waals surface area contributed by atoms with Gasteiger partial charge in [0.15, 0.2) is 5.76 Å². The van der Waals surface area contributed by atoms with Crippen LogP contribution in [-0.2, 0) is 0 Å². The molecule has 3 aromatic rings. The molecule has 0 bridgehead atoms. The average Bonchev–Trinajstić information content (AvgIpc) is 3.05. The van der Waals surface area contributed by atoms with Crippen molar-refractivity contribution in [3.05, 3.63) is 64.6 Å². The molecule has 0 N–H and O–H groups in total. The summed E-state index contributed by atoms with van der Waals surface area (Å²) in [6, 6.07) is 9.32. The van der Waals surface area contributed by atoms with Crippen molar-refractivity contribution >= 4 is 17.3 Å². The number of hydrogen-bond acceptors (Lipinski definition) is 5. The first-order chi connectivity index (χ1) is 11.7. The van der Waals surface area contributed by atoms with Gasteiger partial charge in [-0.2, -0.15) is 0 Å². The first-order valence-corrected chi connectivity index (χ1v) is 7.89. The van der Waals surface area contributed by atoms with E-state index < -0.39 is 0 Å². The number of methoxy groups -OCH3 is 1. The lowest BCUT2D eigenvalue weighted by Crippen LogP contribution is -2.08. The van der Waals surface area contributed by atoms with Crippen LogP contribution in [0.3, 0.4) is 0 Å². The molecule has 0 radical (unpaired) electrons. The Labute approximate surface area is 143 Å². The molecule has 2 aromatic heterocycles. The van der Waals surface area contributed by atoms with Crippen LogP contribution in [0.2, 0.25) is 5.02 Å². The van der Waals surface area contributed by atoms with E-state index in [1.54, 1.807) is 19.5 Å². The lowest BCUT2D eigenvalue weighted by atomic mass is 9.95. The summed E-state index contributed by atoms with van der Waals surface area (Å²) < 4.78 is 10.9. The summed E-state index contributed by atoms with van der Waals surface area (Å²) in [6.45, 7) is 1.98. The number of aromatic nitrogens is 2. The summed E-state index contributed by atoms with van der Waals surface area (Å²) >= 11 is 6.03. The monoisotopic (exact) mass is 339 g/mol. The van der Waals surface area contributed by atoms with E-state index in [9.17, 15) is 0 Å². The Balaban J connectivity index is 2.04. The van der Waals surface area contributed by atoms with Gasteiger partial charge in [0.05, 0.1) is 24.6 Å². The minimum atomic E-state index is -0.176. The highest BCUT2D eigenvalue weighted by Gasteiger charge is 2.28. The molecule has 6 heteroatoms. The van der Waals surface area contributed by atoms with Gasteiger partial charge in [0.2, 0.25) is 5.88 Å². The van der Waals surface area contributed by atoms with Crippen LogP contribution >= 0.6 is 11.6 Å². The van der Waals surface area contributed by atoms with Crippen LogP contribution in [0, 0.1) is 0 Å². The van der Waals surface area contributed by atoms with E-state index in [0.29, 0.717) is 10.9 Å². The van der Waals surface area contributed by atoms with Crippen molar-refractivity contribution in [1.82, 2.24) is 10.1 Å². The largest absolute Gasteiger partial charge is 0.480 e. The van der Waals surface area contributed by atoms with Crippen molar-refractivity contribution in [2.24, 2.45) is 4.99 Å². The van der Waals surface area contributed by atoms with E-state index >= 15 is 0 Å². The molecule has 1 aliphatic rings. The first-order valence-electron chi connectivity index (χ1n) is 7.51. The van der Waals surface area contributed by atoms with E-state index in [0.717, 1.165) is 33.7 Å². The molecular formula is C18H14ClN3O2. The lowest BCUT2D eigenvalue weighted by molar-refractivity contribution is 0.369. The van der Waals surface area contributed by atoms with Crippen molar-refractivity contribution < 1.29 is 9.26 Å². The molecule has 3 heterocycles. The molecule has 0 saturated carbocycles. The maximum Gasteiger partial charge on any atom is 0.223 e. The van der Waals surface area contributed by atoms with Gasteiger partial charge in [-0.25, -0.2) is 4.98 Å². The van der Waals surface area contributed by atoms with E-state index in [1.807, 2.05) is 37.3 Å². The number of ether oxygens (including phenoxy) is 1. The van der Waals surface area contributed by atoms with Gasteiger partial charge in [-0.05, 0) is 25.1 Å². The molecule has 0 aliphatic carbocycles. The number of aliphatic imine (C=N–C) groups is 1. The Bertz CT molecular complexity index is 932. The number of halogens is 1. The van der Waals surface area contributed by atoms with Crippen molar-refractivity contribution in [3.8, 4) is 17.0 Å². The highest BCUT2D eigenvalue weighted by atomic mass is 35.5. The molecule has 0 fully saturated rings. The zero-order valence-corrected chi connectivity index (χ0v) is 13.9. The molecule has 24 heavy (non-hydrogen) atoms. The molecule has 5 nitrogen and oxygen atoms in total. The van der Waals surface area contributed by atoms with Crippen LogP contribution in [0.5, 0.6) is 5.88 Å². The highest BCUT2D eigenvalue weighted by molar-refractivity contribution is 6.30. The van der Waals surface area contributed by atoms with Crippen molar-refractivity contribution in [3.63, 3.8) is 0 Å².